The molecule has 0 radical (unpaired) electrons. The molecule has 0 bridgehead atoms. The Morgan fingerprint density at radius 1 is 1.40 bits per heavy atom. The molecule has 112 valence electrons. The molecule has 0 spiro atoms. The molecule has 5 nitrogen and oxygen atoms in total. The summed E-state index contributed by atoms with van der Waals surface area (Å²) in [5.41, 5.74) is 6.41. The monoisotopic (exact) mass is 279 g/mol. The van der Waals surface area contributed by atoms with Crippen molar-refractivity contribution in [2.75, 3.05) is 45.6 Å². The Balaban J connectivity index is 1.76. The quantitative estimate of drug-likeness (QED) is 0.775. The molecule has 1 saturated heterocycles. The van der Waals surface area contributed by atoms with Crippen LogP contribution in [0.4, 0.5) is 5.69 Å². The first-order chi connectivity index (χ1) is 9.56. The van der Waals surface area contributed by atoms with Crippen molar-refractivity contribution >= 4 is 5.69 Å². The van der Waals surface area contributed by atoms with Crippen molar-refractivity contribution in [2.24, 2.45) is 0 Å². The first kappa shape index (κ1) is 15.1. The predicted octanol–water partition coefficient (Wildman–Crippen LogP) is 0.644. The van der Waals surface area contributed by atoms with E-state index in [9.17, 15) is 5.11 Å². The molecule has 1 heterocycles. The van der Waals surface area contributed by atoms with Gasteiger partial charge in [0.25, 0.3) is 0 Å². The van der Waals surface area contributed by atoms with Crippen LogP contribution in [0, 0.1) is 0 Å². The van der Waals surface area contributed by atoms with Crippen LogP contribution in [0.3, 0.4) is 0 Å². The lowest BCUT2D eigenvalue weighted by molar-refractivity contribution is 0.0358. The van der Waals surface area contributed by atoms with Gasteiger partial charge in [-0.1, -0.05) is 12.1 Å². The lowest BCUT2D eigenvalue weighted by Crippen LogP contribution is -2.52. The van der Waals surface area contributed by atoms with E-state index in [0.717, 1.165) is 19.6 Å². The van der Waals surface area contributed by atoms with Crippen molar-refractivity contribution in [3.05, 3.63) is 24.3 Å². The molecule has 2 unspecified atom stereocenters. The van der Waals surface area contributed by atoms with E-state index in [1.807, 2.05) is 18.2 Å². The van der Waals surface area contributed by atoms with Crippen LogP contribution in [0.25, 0.3) is 0 Å². The summed E-state index contributed by atoms with van der Waals surface area (Å²) < 4.78 is 5.58. The summed E-state index contributed by atoms with van der Waals surface area (Å²) in [6.07, 6.45) is -0.495. The Morgan fingerprint density at radius 2 is 2.15 bits per heavy atom. The summed E-state index contributed by atoms with van der Waals surface area (Å²) in [6.45, 7) is 6.15. The topological polar surface area (TPSA) is 62.0 Å². The van der Waals surface area contributed by atoms with E-state index < -0.39 is 6.10 Å². The van der Waals surface area contributed by atoms with Gasteiger partial charge in [-0.25, -0.2) is 0 Å². The Hall–Kier alpha value is -1.30. The fraction of sp³-hybridized carbons (Fsp3) is 0.600. The van der Waals surface area contributed by atoms with Crippen molar-refractivity contribution in [2.45, 2.75) is 19.1 Å². The number of benzene rings is 1. The molecule has 1 aliphatic rings. The van der Waals surface area contributed by atoms with Crippen LogP contribution in [-0.4, -0.2) is 66.9 Å². The molecule has 0 amide bonds. The van der Waals surface area contributed by atoms with Crippen molar-refractivity contribution in [3.63, 3.8) is 0 Å². The summed E-state index contributed by atoms with van der Waals surface area (Å²) in [6, 6.07) is 7.88. The van der Waals surface area contributed by atoms with Crippen LogP contribution in [0.5, 0.6) is 5.75 Å². The standard InChI is InChI=1S/C15H25N3O2/c1-12-9-18(8-7-17(12)2)10-13(19)11-20-15-6-4-3-5-14(15)16/h3-6,12-13,19H,7-11,16H2,1-2H3. The number of hydrogen-bond acceptors (Lipinski definition) is 5. The van der Waals surface area contributed by atoms with Crippen molar-refractivity contribution in [3.8, 4) is 5.75 Å². The minimum absolute atomic E-state index is 0.273. The first-order valence-electron chi connectivity index (χ1n) is 7.14. The molecule has 1 aromatic carbocycles. The highest BCUT2D eigenvalue weighted by atomic mass is 16.5. The van der Waals surface area contributed by atoms with Crippen LogP contribution >= 0.6 is 0 Å². The maximum atomic E-state index is 10.1. The highest BCUT2D eigenvalue weighted by molar-refractivity contribution is 5.51. The lowest BCUT2D eigenvalue weighted by atomic mass is 10.2. The van der Waals surface area contributed by atoms with Gasteiger partial charge in [-0.05, 0) is 26.1 Å². The molecule has 0 aliphatic carbocycles. The Labute approximate surface area is 120 Å². The zero-order valence-electron chi connectivity index (χ0n) is 12.3. The van der Waals surface area contributed by atoms with E-state index in [1.165, 1.54) is 0 Å². The molecule has 2 rings (SSSR count). The number of piperazine rings is 1. The molecule has 5 heteroatoms. The van der Waals surface area contributed by atoms with Crippen LogP contribution in [-0.2, 0) is 0 Å². The number of aliphatic hydroxyl groups is 1. The van der Waals surface area contributed by atoms with Gasteiger partial charge < -0.3 is 20.5 Å². The third-order valence-corrected chi connectivity index (χ3v) is 3.86. The number of aliphatic hydroxyl groups excluding tert-OH is 1. The SMILES string of the molecule is CC1CN(CC(O)COc2ccccc2N)CCN1C. The molecule has 0 aromatic heterocycles. The van der Waals surface area contributed by atoms with E-state index in [-0.39, 0.29) is 6.61 Å². The highest BCUT2D eigenvalue weighted by Gasteiger charge is 2.22. The molecule has 0 saturated carbocycles. The summed E-state index contributed by atoms with van der Waals surface area (Å²) in [5, 5.41) is 10.1. The number of rotatable bonds is 5. The third kappa shape index (κ3) is 4.10. The minimum atomic E-state index is -0.495. The second-order valence-electron chi connectivity index (χ2n) is 5.59. The van der Waals surface area contributed by atoms with E-state index in [4.69, 9.17) is 10.5 Å². The van der Waals surface area contributed by atoms with Gasteiger partial charge in [-0.15, -0.1) is 0 Å². The third-order valence-electron chi connectivity index (χ3n) is 3.86. The van der Waals surface area contributed by atoms with E-state index >= 15 is 0 Å². The van der Waals surface area contributed by atoms with E-state index in [0.29, 0.717) is 24.0 Å². The summed E-state index contributed by atoms with van der Waals surface area (Å²) in [5.74, 6) is 0.637. The Bertz CT molecular complexity index is 427. The smallest absolute Gasteiger partial charge is 0.142 e. The van der Waals surface area contributed by atoms with Gasteiger partial charge in [0.1, 0.15) is 18.5 Å². The second kappa shape index (κ2) is 6.92. The van der Waals surface area contributed by atoms with Crippen LogP contribution < -0.4 is 10.5 Å². The number of hydrogen-bond donors (Lipinski definition) is 2. The number of likely N-dealkylation sites (N-methyl/N-ethyl adjacent to an activating group) is 1. The summed E-state index contributed by atoms with van der Waals surface area (Å²) in [4.78, 5) is 4.62. The molecule has 2 atom stereocenters. The van der Waals surface area contributed by atoms with Gasteiger partial charge in [0.15, 0.2) is 0 Å². The number of β-amino-alcohol motifs (C(OH)–C–C–N with tert-alkyl or cyclic N) is 1. The second-order valence-corrected chi connectivity index (χ2v) is 5.59. The summed E-state index contributed by atoms with van der Waals surface area (Å²) >= 11 is 0. The number of para-hydroxylation sites is 2. The lowest BCUT2D eigenvalue weighted by Gasteiger charge is -2.38. The average molecular weight is 279 g/mol. The Morgan fingerprint density at radius 3 is 2.85 bits per heavy atom. The Kier molecular flexibility index (Phi) is 5.23. The van der Waals surface area contributed by atoms with Gasteiger partial charge in [0.05, 0.1) is 5.69 Å². The first-order valence-corrected chi connectivity index (χ1v) is 7.14. The molecule has 20 heavy (non-hydrogen) atoms. The maximum absolute atomic E-state index is 10.1. The van der Waals surface area contributed by atoms with E-state index in [2.05, 4.69) is 23.8 Å². The van der Waals surface area contributed by atoms with Crippen molar-refractivity contribution < 1.29 is 9.84 Å². The molecular formula is C15H25N3O2. The fourth-order valence-electron chi connectivity index (χ4n) is 2.44. The molecule has 1 fully saturated rings. The normalized spacial score (nSPS) is 22.6. The fourth-order valence-corrected chi connectivity index (χ4v) is 2.44. The maximum Gasteiger partial charge on any atom is 0.142 e. The molecule has 3 N–H and O–H groups in total. The predicted molar refractivity (Wildman–Crippen MR) is 80.9 cm³/mol. The van der Waals surface area contributed by atoms with Gasteiger partial charge in [-0.3, -0.25) is 4.90 Å². The largest absolute Gasteiger partial charge is 0.489 e. The van der Waals surface area contributed by atoms with Crippen LogP contribution in [0.1, 0.15) is 6.92 Å². The van der Waals surface area contributed by atoms with Crippen molar-refractivity contribution in [1.29, 1.82) is 0 Å². The number of ether oxygens (including phenoxy) is 1. The number of nitrogens with two attached hydrogens (primary N) is 1. The molecule has 1 aromatic rings. The van der Waals surface area contributed by atoms with Crippen molar-refractivity contribution in [1.82, 2.24) is 9.80 Å². The minimum Gasteiger partial charge on any atom is -0.489 e. The van der Waals surface area contributed by atoms with Gasteiger partial charge in [-0.2, -0.15) is 0 Å². The highest BCUT2D eigenvalue weighted by Crippen LogP contribution is 2.19. The molecular weight excluding hydrogens is 254 g/mol. The number of anilines is 1. The zero-order chi connectivity index (χ0) is 14.5. The van der Waals surface area contributed by atoms with Gasteiger partial charge in [0, 0.05) is 32.2 Å². The van der Waals surface area contributed by atoms with Gasteiger partial charge >= 0.3 is 0 Å². The van der Waals surface area contributed by atoms with Gasteiger partial charge in [0.2, 0.25) is 0 Å². The van der Waals surface area contributed by atoms with E-state index in [1.54, 1.807) is 6.07 Å². The molecule has 1 aliphatic heterocycles. The number of nitrogens with zero attached hydrogens (tertiary/aromatic N) is 2. The summed E-state index contributed by atoms with van der Waals surface area (Å²) in [7, 11) is 2.14. The average Bonchev–Trinajstić information content (AvgIpc) is 2.42. The van der Waals surface area contributed by atoms with Crippen LogP contribution in [0.15, 0.2) is 24.3 Å². The zero-order valence-corrected chi connectivity index (χ0v) is 12.3. The van der Waals surface area contributed by atoms with Crippen LogP contribution in [0.2, 0.25) is 0 Å². The number of nitrogen functional groups attached to an aromatic ring is 1.